The normalized spacial score (nSPS) is 9.33. The van der Waals surface area contributed by atoms with Crippen molar-refractivity contribution in [2.75, 3.05) is 0 Å². The second kappa shape index (κ2) is 8.68. The third kappa shape index (κ3) is 17.7. The zero-order valence-electron chi connectivity index (χ0n) is 6.61. The molecule has 3 heteroatoms. The smallest absolute Gasteiger partial charge is 0.00127 e. The lowest BCUT2D eigenvalue weighted by Crippen LogP contribution is -2.29. The first-order valence-electron chi connectivity index (χ1n) is 3.10. The van der Waals surface area contributed by atoms with Crippen LogP contribution in [0.3, 0.4) is 0 Å². The van der Waals surface area contributed by atoms with E-state index in [1.54, 1.807) is 0 Å². The highest BCUT2D eigenvalue weighted by Crippen LogP contribution is 1.80. The minimum Gasteiger partial charge on any atom is -0.312 e. The van der Waals surface area contributed by atoms with Crippen molar-refractivity contribution < 1.29 is 0 Å². The monoisotopic (exact) mass is 169 g/mol. The lowest BCUT2D eigenvalue weighted by molar-refractivity contribution is 0.518. The van der Waals surface area contributed by atoms with Crippen LogP contribution in [0.5, 0.6) is 0 Å². The summed E-state index contributed by atoms with van der Waals surface area (Å²) >= 11 is 4.56. The van der Waals surface area contributed by atoms with Crippen LogP contribution in [0.25, 0.3) is 0 Å². The van der Waals surface area contributed by atoms with Crippen LogP contribution < -0.4 is 5.32 Å². The molecule has 9 heavy (non-hydrogen) atoms. The standard InChI is InChI=1S/C6H15N.ClH2P/c1-5(2)7-6(3)4;1-2/h5-7H,1-4H3;2H2. The molecule has 0 rings (SSSR count). The Bertz CT molecular complexity index is 42.3. The second-order valence-corrected chi connectivity index (χ2v) is 2.48. The van der Waals surface area contributed by atoms with Gasteiger partial charge in [-0.3, -0.25) is 0 Å². The Balaban J connectivity index is 0. The Morgan fingerprint density at radius 3 is 1.22 bits per heavy atom. The summed E-state index contributed by atoms with van der Waals surface area (Å²) in [6.45, 7) is 8.61. The summed E-state index contributed by atoms with van der Waals surface area (Å²) in [4.78, 5) is 0. The van der Waals surface area contributed by atoms with Crippen LogP contribution in [0.15, 0.2) is 0 Å². The van der Waals surface area contributed by atoms with Gasteiger partial charge in [-0.15, -0.1) is 11.2 Å². The van der Waals surface area contributed by atoms with E-state index in [-0.39, 0.29) is 0 Å². The number of halogens is 1. The zero-order valence-corrected chi connectivity index (χ0v) is 8.52. The fourth-order valence-corrected chi connectivity index (χ4v) is 0.667. The van der Waals surface area contributed by atoms with E-state index in [2.05, 4.69) is 44.3 Å². The Labute approximate surface area is 65.5 Å². The van der Waals surface area contributed by atoms with Gasteiger partial charge in [0.05, 0.1) is 0 Å². The summed E-state index contributed by atoms with van der Waals surface area (Å²) in [7, 11) is 1.89. The minimum atomic E-state index is 0.625. The van der Waals surface area contributed by atoms with Crippen molar-refractivity contribution >= 4 is 19.8 Å². The van der Waals surface area contributed by atoms with Crippen LogP contribution in [0.1, 0.15) is 27.7 Å². The van der Waals surface area contributed by atoms with E-state index in [9.17, 15) is 0 Å². The highest BCUT2D eigenvalue weighted by Gasteiger charge is 1.92. The molecule has 1 atom stereocenters. The number of rotatable bonds is 2. The molecule has 0 aliphatic rings. The molecule has 0 aliphatic heterocycles. The van der Waals surface area contributed by atoms with Crippen molar-refractivity contribution in [2.45, 2.75) is 39.8 Å². The Morgan fingerprint density at radius 2 is 1.22 bits per heavy atom. The fraction of sp³-hybridized carbons (Fsp3) is 1.00. The first-order chi connectivity index (χ1) is 4.13. The van der Waals surface area contributed by atoms with Crippen LogP contribution >= 0.6 is 19.8 Å². The van der Waals surface area contributed by atoms with Gasteiger partial charge in [-0.25, -0.2) is 0 Å². The maximum atomic E-state index is 4.56. The Hall–Kier alpha value is 0.680. The molecule has 0 aromatic rings. The maximum absolute atomic E-state index is 4.56. The quantitative estimate of drug-likeness (QED) is 0.626. The van der Waals surface area contributed by atoms with Gasteiger partial charge in [-0.2, -0.15) is 0 Å². The van der Waals surface area contributed by atoms with E-state index in [0.29, 0.717) is 12.1 Å². The molecule has 1 N–H and O–H groups in total. The summed E-state index contributed by atoms with van der Waals surface area (Å²) in [5, 5.41) is 3.31. The van der Waals surface area contributed by atoms with Gasteiger partial charge < -0.3 is 5.32 Å². The first kappa shape index (κ1) is 12.4. The topological polar surface area (TPSA) is 12.0 Å². The zero-order chi connectivity index (χ0) is 7.86. The highest BCUT2D eigenvalue weighted by molar-refractivity contribution is 7.52. The van der Waals surface area contributed by atoms with E-state index < -0.39 is 0 Å². The van der Waals surface area contributed by atoms with E-state index in [0.717, 1.165) is 0 Å². The van der Waals surface area contributed by atoms with Crippen molar-refractivity contribution in [1.82, 2.24) is 5.32 Å². The summed E-state index contributed by atoms with van der Waals surface area (Å²) < 4.78 is 0. The Morgan fingerprint density at radius 1 is 1.00 bits per heavy atom. The molecule has 0 saturated heterocycles. The maximum Gasteiger partial charge on any atom is 0.00127 e. The average molecular weight is 170 g/mol. The summed E-state index contributed by atoms with van der Waals surface area (Å²) in [6.07, 6.45) is 0. The largest absolute Gasteiger partial charge is 0.312 e. The van der Waals surface area contributed by atoms with Gasteiger partial charge in [-0.05, 0) is 8.59 Å². The van der Waals surface area contributed by atoms with Gasteiger partial charge in [0.1, 0.15) is 0 Å². The molecule has 1 nitrogen and oxygen atoms in total. The summed E-state index contributed by atoms with van der Waals surface area (Å²) in [5.74, 6) is 0. The highest BCUT2D eigenvalue weighted by atomic mass is 35.7. The number of hydrogen-bond donors (Lipinski definition) is 1. The van der Waals surface area contributed by atoms with Crippen LogP contribution in [-0.2, 0) is 0 Å². The average Bonchev–Trinajstić information content (AvgIpc) is 1.68. The molecule has 0 aromatic heterocycles. The van der Waals surface area contributed by atoms with Crippen molar-refractivity contribution in [3.8, 4) is 0 Å². The van der Waals surface area contributed by atoms with Gasteiger partial charge in [-0.1, -0.05) is 27.7 Å². The lowest BCUT2D eigenvalue weighted by atomic mass is 10.3. The lowest BCUT2D eigenvalue weighted by Gasteiger charge is -2.10. The van der Waals surface area contributed by atoms with Crippen LogP contribution in [0.4, 0.5) is 0 Å². The van der Waals surface area contributed by atoms with Gasteiger partial charge in [0, 0.05) is 12.1 Å². The molecule has 0 saturated carbocycles. The van der Waals surface area contributed by atoms with Crippen molar-refractivity contribution in [1.29, 1.82) is 0 Å². The van der Waals surface area contributed by atoms with E-state index in [4.69, 9.17) is 0 Å². The second-order valence-electron chi connectivity index (χ2n) is 2.48. The third-order valence-electron chi connectivity index (χ3n) is 0.667. The van der Waals surface area contributed by atoms with Gasteiger partial charge in [0.25, 0.3) is 0 Å². The predicted octanol–water partition coefficient (Wildman–Crippen LogP) is 2.41. The summed E-state index contributed by atoms with van der Waals surface area (Å²) in [6, 6.07) is 1.25. The predicted molar refractivity (Wildman–Crippen MR) is 49.0 cm³/mol. The molecule has 0 aliphatic carbocycles. The molecule has 0 spiro atoms. The van der Waals surface area contributed by atoms with Crippen molar-refractivity contribution in [2.24, 2.45) is 0 Å². The molecule has 0 bridgehead atoms. The van der Waals surface area contributed by atoms with Gasteiger partial charge >= 0.3 is 0 Å². The van der Waals surface area contributed by atoms with Crippen LogP contribution in [-0.4, -0.2) is 12.1 Å². The van der Waals surface area contributed by atoms with Crippen LogP contribution in [0, 0.1) is 0 Å². The van der Waals surface area contributed by atoms with Gasteiger partial charge in [0.15, 0.2) is 0 Å². The number of nitrogens with one attached hydrogen (secondary N) is 1. The van der Waals surface area contributed by atoms with E-state index >= 15 is 0 Å². The molecule has 0 heterocycles. The Kier molecular flexibility index (Phi) is 11.9. The molecular weight excluding hydrogens is 152 g/mol. The van der Waals surface area contributed by atoms with E-state index in [1.807, 2.05) is 8.59 Å². The number of hydrogen-bond acceptors (Lipinski definition) is 1. The molecule has 0 amide bonds. The van der Waals surface area contributed by atoms with Crippen molar-refractivity contribution in [3.63, 3.8) is 0 Å². The van der Waals surface area contributed by atoms with Crippen LogP contribution in [0.2, 0.25) is 0 Å². The molecular formula is C6H17ClNP. The molecule has 1 unspecified atom stereocenters. The SMILES string of the molecule is CC(C)NC(C)C.PCl. The summed E-state index contributed by atoms with van der Waals surface area (Å²) in [5.41, 5.74) is 0. The molecule has 0 radical (unpaired) electrons. The van der Waals surface area contributed by atoms with Gasteiger partial charge in [0.2, 0.25) is 0 Å². The fourth-order valence-electron chi connectivity index (χ4n) is 0.667. The minimum absolute atomic E-state index is 0.625. The van der Waals surface area contributed by atoms with E-state index in [1.165, 1.54) is 0 Å². The molecule has 0 aromatic carbocycles. The first-order valence-corrected chi connectivity index (χ1v) is 4.85. The molecule has 0 fully saturated rings. The molecule has 58 valence electrons. The van der Waals surface area contributed by atoms with Crippen molar-refractivity contribution in [3.05, 3.63) is 0 Å². The third-order valence-corrected chi connectivity index (χ3v) is 0.667.